The standard InChI is InChI=1S/C17H18ClFN4OS/c1-11-10-24-5-4-23(11)15-7-14(21-16(18)22-15)17(2-3-17)25-13-6-12(19)8-20-9-13/h6-9,11H,2-5,10H2,1H3/t11-/m0/s1. The third kappa shape index (κ3) is 3.59. The molecule has 1 aliphatic heterocycles. The summed E-state index contributed by atoms with van der Waals surface area (Å²) in [4.78, 5) is 15.8. The van der Waals surface area contributed by atoms with Crippen LogP contribution in [0.2, 0.25) is 5.28 Å². The van der Waals surface area contributed by atoms with Gasteiger partial charge in [-0.3, -0.25) is 4.98 Å². The molecule has 2 aromatic rings. The van der Waals surface area contributed by atoms with Crippen LogP contribution in [-0.2, 0) is 9.48 Å². The molecule has 1 atom stereocenters. The molecule has 0 aromatic carbocycles. The van der Waals surface area contributed by atoms with E-state index in [-0.39, 0.29) is 21.9 Å². The Hall–Kier alpha value is -1.44. The molecule has 1 aliphatic carbocycles. The molecule has 0 radical (unpaired) electrons. The third-order valence-electron chi connectivity index (χ3n) is 4.51. The molecule has 1 saturated heterocycles. The first-order chi connectivity index (χ1) is 12.1. The fourth-order valence-corrected chi connectivity index (χ4v) is 4.48. The Morgan fingerprint density at radius 3 is 2.88 bits per heavy atom. The Kier molecular flexibility index (Phi) is 4.56. The van der Waals surface area contributed by atoms with Crippen molar-refractivity contribution < 1.29 is 9.13 Å². The molecule has 0 spiro atoms. The van der Waals surface area contributed by atoms with Gasteiger partial charge < -0.3 is 9.64 Å². The van der Waals surface area contributed by atoms with Crippen LogP contribution in [0.1, 0.15) is 25.5 Å². The van der Waals surface area contributed by atoms with Crippen molar-refractivity contribution in [3.63, 3.8) is 0 Å². The molecule has 0 N–H and O–H groups in total. The summed E-state index contributed by atoms with van der Waals surface area (Å²) in [7, 11) is 0. The average Bonchev–Trinajstić information content (AvgIpc) is 3.35. The van der Waals surface area contributed by atoms with Crippen molar-refractivity contribution in [1.29, 1.82) is 0 Å². The maximum atomic E-state index is 13.4. The lowest BCUT2D eigenvalue weighted by Gasteiger charge is -2.34. The van der Waals surface area contributed by atoms with Crippen LogP contribution in [0.25, 0.3) is 0 Å². The zero-order chi connectivity index (χ0) is 17.4. The molecule has 3 heterocycles. The molecule has 4 rings (SSSR count). The lowest BCUT2D eigenvalue weighted by Crippen LogP contribution is -2.44. The minimum Gasteiger partial charge on any atom is -0.377 e. The number of morpholine rings is 1. The molecule has 132 valence electrons. The lowest BCUT2D eigenvalue weighted by atomic mass is 10.2. The van der Waals surface area contributed by atoms with Gasteiger partial charge in [-0.15, -0.1) is 11.8 Å². The van der Waals surface area contributed by atoms with Gasteiger partial charge in [0.25, 0.3) is 0 Å². The minimum atomic E-state index is -0.329. The molecule has 2 fully saturated rings. The fraction of sp³-hybridized carbons (Fsp3) is 0.471. The molecule has 8 heteroatoms. The van der Waals surface area contributed by atoms with Crippen molar-refractivity contribution in [3.05, 3.63) is 41.3 Å². The van der Waals surface area contributed by atoms with E-state index in [1.807, 2.05) is 6.07 Å². The Morgan fingerprint density at radius 1 is 1.32 bits per heavy atom. The number of nitrogens with zero attached hydrogens (tertiary/aromatic N) is 4. The second-order valence-corrected chi connectivity index (χ2v) is 8.23. The van der Waals surface area contributed by atoms with Gasteiger partial charge in [-0.05, 0) is 37.4 Å². The summed E-state index contributed by atoms with van der Waals surface area (Å²) >= 11 is 7.81. The van der Waals surface area contributed by atoms with Gasteiger partial charge in [0.2, 0.25) is 5.28 Å². The quantitative estimate of drug-likeness (QED) is 0.754. The number of thioether (sulfide) groups is 1. The number of anilines is 1. The largest absolute Gasteiger partial charge is 0.377 e. The number of rotatable bonds is 4. The average molecular weight is 381 g/mol. The van der Waals surface area contributed by atoms with Crippen LogP contribution in [0.3, 0.4) is 0 Å². The molecular formula is C17H18ClFN4OS. The second-order valence-electron chi connectivity index (χ2n) is 6.43. The Bertz CT molecular complexity index is 789. The number of hydrogen-bond donors (Lipinski definition) is 0. The van der Waals surface area contributed by atoms with Crippen LogP contribution < -0.4 is 4.90 Å². The summed E-state index contributed by atoms with van der Waals surface area (Å²) in [6, 6.07) is 3.76. The number of aromatic nitrogens is 3. The normalized spacial score (nSPS) is 22.0. The van der Waals surface area contributed by atoms with Crippen molar-refractivity contribution >= 4 is 29.2 Å². The van der Waals surface area contributed by atoms with Gasteiger partial charge in [0.15, 0.2) is 0 Å². The van der Waals surface area contributed by atoms with E-state index in [2.05, 4.69) is 26.8 Å². The first kappa shape index (κ1) is 17.0. The SMILES string of the molecule is C[C@H]1COCCN1c1cc(C2(Sc3cncc(F)c3)CC2)nc(Cl)n1. The molecular weight excluding hydrogens is 363 g/mol. The number of ether oxygens (including phenoxy) is 1. The van der Waals surface area contributed by atoms with Crippen LogP contribution in [0.5, 0.6) is 0 Å². The molecule has 5 nitrogen and oxygen atoms in total. The van der Waals surface area contributed by atoms with Crippen molar-refractivity contribution in [2.75, 3.05) is 24.7 Å². The highest BCUT2D eigenvalue weighted by molar-refractivity contribution is 8.00. The minimum absolute atomic E-state index is 0.174. The monoisotopic (exact) mass is 380 g/mol. The topological polar surface area (TPSA) is 51.1 Å². The highest BCUT2D eigenvalue weighted by atomic mass is 35.5. The smallest absolute Gasteiger partial charge is 0.224 e. The molecule has 0 amide bonds. The number of pyridine rings is 1. The van der Waals surface area contributed by atoms with Gasteiger partial charge in [0.05, 0.1) is 35.9 Å². The molecule has 2 aromatic heterocycles. The van der Waals surface area contributed by atoms with Gasteiger partial charge in [-0.2, -0.15) is 0 Å². The summed E-state index contributed by atoms with van der Waals surface area (Å²) < 4.78 is 18.8. The maximum absolute atomic E-state index is 13.4. The molecule has 0 unspecified atom stereocenters. The predicted octanol–water partition coefficient (Wildman–Crippen LogP) is 3.67. The first-order valence-corrected chi connectivity index (χ1v) is 9.44. The lowest BCUT2D eigenvalue weighted by molar-refractivity contribution is 0.0985. The van der Waals surface area contributed by atoms with E-state index in [0.29, 0.717) is 13.2 Å². The fourth-order valence-electron chi connectivity index (χ4n) is 3.05. The van der Waals surface area contributed by atoms with E-state index >= 15 is 0 Å². The van der Waals surface area contributed by atoms with Gasteiger partial charge in [0, 0.05) is 23.7 Å². The van der Waals surface area contributed by atoms with Crippen LogP contribution in [-0.4, -0.2) is 40.8 Å². The zero-order valence-corrected chi connectivity index (χ0v) is 15.4. The summed E-state index contributed by atoms with van der Waals surface area (Å²) in [5, 5.41) is 0.246. The Labute approximate surface area is 155 Å². The van der Waals surface area contributed by atoms with Crippen LogP contribution >= 0.6 is 23.4 Å². The van der Waals surface area contributed by atoms with Crippen LogP contribution in [0.4, 0.5) is 10.2 Å². The van der Waals surface area contributed by atoms with Crippen LogP contribution in [0, 0.1) is 5.82 Å². The number of halogens is 2. The second kappa shape index (κ2) is 6.70. The Morgan fingerprint density at radius 2 is 2.16 bits per heavy atom. The summed E-state index contributed by atoms with van der Waals surface area (Å²) in [5.41, 5.74) is 0.899. The maximum Gasteiger partial charge on any atom is 0.224 e. The third-order valence-corrected chi connectivity index (χ3v) is 6.15. The van der Waals surface area contributed by atoms with Gasteiger partial charge in [-0.25, -0.2) is 14.4 Å². The highest BCUT2D eigenvalue weighted by Crippen LogP contribution is 2.59. The zero-order valence-electron chi connectivity index (χ0n) is 13.8. The van der Waals surface area contributed by atoms with E-state index in [4.69, 9.17) is 16.3 Å². The Balaban J connectivity index is 1.63. The number of hydrogen-bond acceptors (Lipinski definition) is 6. The van der Waals surface area contributed by atoms with Gasteiger partial charge >= 0.3 is 0 Å². The van der Waals surface area contributed by atoms with Crippen LogP contribution in [0.15, 0.2) is 29.4 Å². The van der Waals surface area contributed by atoms with E-state index in [1.54, 1.807) is 18.0 Å². The summed E-state index contributed by atoms with van der Waals surface area (Å²) in [5.74, 6) is 0.499. The van der Waals surface area contributed by atoms with E-state index < -0.39 is 0 Å². The van der Waals surface area contributed by atoms with E-state index in [9.17, 15) is 4.39 Å². The van der Waals surface area contributed by atoms with Crippen molar-refractivity contribution in [1.82, 2.24) is 15.0 Å². The first-order valence-electron chi connectivity index (χ1n) is 8.25. The van der Waals surface area contributed by atoms with Crippen molar-refractivity contribution in [2.45, 2.75) is 35.4 Å². The van der Waals surface area contributed by atoms with E-state index in [1.165, 1.54) is 12.3 Å². The molecule has 25 heavy (non-hydrogen) atoms. The summed E-state index contributed by atoms with van der Waals surface area (Å²) in [6.45, 7) is 4.23. The van der Waals surface area contributed by atoms with Crippen molar-refractivity contribution in [2.24, 2.45) is 0 Å². The molecule has 1 saturated carbocycles. The molecule has 0 bridgehead atoms. The van der Waals surface area contributed by atoms with Gasteiger partial charge in [0.1, 0.15) is 11.6 Å². The molecule has 2 aliphatic rings. The summed E-state index contributed by atoms with van der Waals surface area (Å²) in [6.07, 6.45) is 4.84. The highest BCUT2D eigenvalue weighted by Gasteiger charge is 2.47. The van der Waals surface area contributed by atoms with Crippen molar-refractivity contribution in [3.8, 4) is 0 Å². The van der Waals surface area contributed by atoms with E-state index in [0.717, 1.165) is 35.8 Å². The van der Waals surface area contributed by atoms with Gasteiger partial charge in [-0.1, -0.05) is 0 Å². The predicted molar refractivity (Wildman–Crippen MR) is 95.6 cm³/mol.